The summed E-state index contributed by atoms with van der Waals surface area (Å²) in [5.41, 5.74) is 1.41. The van der Waals surface area contributed by atoms with Crippen molar-refractivity contribution in [2.24, 2.45) is 5.92 Å². The van der Waals surface area contributed by atoms with E-state index in [1.807, 2.05) is 31.2 Å². The second-order valence-electron chi connectivity index (χ2n) is 7.62. The maximum absolute atomic E-state index is 12.6. The topological polar surface area (TPSA) is 89.1 Å². The molecular formula is C24H31N3O5. The van der Waals surface area contributed by atoms with Crippen molar-refractivity contribution in [1.82, 2.24) is 4.90 Å². The Balaban J connectivity index is 1.44. The number of methoxy groups -OCH3 is 2. The van der Waals surface area contributed by atoms with Crippen LogP contribution in [0.5, 0.6) is 17.2 Å². The first-order valence-electron chi connectivity index (χ1n) is 10.8. The fraction of sp³-hybridized carbons (Fsp3) is 0.417. The number of hydrogen-bond donors (Lipinski definition) is 2. The number of benzene rings is 2. The van der Waals surface area contributed by atoms with E-state index >= 15 is 0 Å². The molecule has 0 atom stereocenters. The number of likely N-dealkylation sites (tertiary alicyclic amines) is 1. The highest BCUT2D eigenvalue weighted by Gasteiger charge is 2.26. The minimum atomic E-state index is -0.102. The molecule has 2 N–H and O–H groups in total. The van der Waals surface area contributed by atoms with Gasteiger partial charge in [-0.1, -0.05) is 0 Å². The standard InChI is InChI=1S/C24H31N3O5/c1-4-32-20-8-5-18(6-9-20)26-24(29)17-11-13-27(14-12-17)16-23(28)25-19-7-10-21(30-2)22(15-19)31-3/h5-10,15,17H,4,11-14,16H2,1-3H3,(H,25,28)(H,26,29). The van der Waals surface area contributed by atoms with Gasteiger partial charge in [-0.3, -0.25) is 14.5 Å². The third-order valence-corrected chi connectivity index (χ3v) is 5.43. The smallest absolute Gasteiger partial charge is 0.238 e. The summed E-state index contributed by atoms with van der Waals surface area (Å²) >= 11 is 0. The molecule has 0 radical (unpaired) electrons. The molecule has 0 spiro atoms. The van der Waals surface area contributed by atoms with Crippen molar-refractivity contribution in [2.45, 2.75) is 19.8 Å². The number of nitrogens with zero attached hydrogens (tertiary/aromatic N) is 1. The summed E-state index contributed by atoms with van der Waals surface area (Å²) in [7, 11) is 3.12. The zero-order valence-corrected chi connectivity index (χ0v) is 18.8. The van der Waals surface area contributed by atoms with Gasteiger partial charge in [-0.2, -0.15) is 0 Å². The quantitative estimate of drug-likeness (QED) is 0.620. The Morgan fingerprint density at radius 1 is 0.938 bits per heavy atom. The number of carbonyl (C=O) groups excluding carboxylic acids is 2. The molecule has 1 aliphatic rings. The lowest BCUT2D eigenvalue weighted by Crippen LogP contribution is -2.41. The van der Waals surface area contributed by atoms with Gasteiger partial charge in [0.25, 0.3) is 0 Å². The molecule has 8 nitrogen and oxygen atoms in total. The van der Waals surface area contributed by atoms with E-state index in [-0.39, 0.29) is 24.3 Å². The van der Waals surface area contributed by atoms with Gasteiger partial charge in [0, 0.05) is 23.4 Å². The van der Waals surface area contributed by atoms with Crippen molar-refractivity contribution < 1.29 is 23.8 Å². The molecule has 0 saturated carbocycles. The third kappa shape index (κ3) is 6.37. The summed E-state index contributed by atoms with van der Waals surface area (Å²) in [6.45, 7) is 4.21. The summed E-state index contributed by atoms with van der Waals surface area (Å²) in [6.07, 6.45) is 1.43. The minimum Gasteiger partial charge on any atom is -0.494 e. The van der Waals surface area contributed by atoms with Crippen molar-refractivity contribution in [3.8, 4) is 17.2 Å². The minimum absolute atomic E-state index is 0.0172. The molecule has 0 unspecified atom stereocenters. The van der Waals surface area contributed by atoms with Gasteiger partial charge in [0.05, 0.1) is 27.4 Å². The predicted molar refractivity (Wildman–Crippen MR) is 124 cm³/mol. The van der Waals surface area contributed by atoms with Gasteiger partial charge in [-0.15, -0.1) is 0 Å². The average molecular weight is 442 g/mol. The van der Waals surface area contributed by atoms with Crippen molar-refractivity contribution in [2.75, 3.05) is 51.1 Å². The first kappa shape index (κ1) is 23.4. The molecule has 32 heavy (non-hydrogen) atoms. The zero-order chi connectivity index (χ0) is 22.9. The summed E-state index contributed by atoms with van der Waals surface area (Å²) in [5, 5.41) is 5.86. The van der Waals surface area contributed by atoms with E-state index in [0.29, 0.717) is 49.7 Å². The summed E-state index contributed by atoms with van der Waals surface area (Å²) in [5.74, 6) is 1.80. The van der Waals surface area contributed by atoms with Crippen LogP contribution in [0.15, 0.2) is 42.5 Å². The van der Waals surface area contributed by atoms with Gasteiger partial charge in [0.15, 0.2) is 11.5 Å². The number of hydrogen-bond acceptors (Lipinski definition) is 6. The molecule has 8 heteroatoms. The number of anilines is 2. The van der Waals surface area contributed by atoms with Gasteiger partial charge in [0.2, 0.25) is 11.8 Å². The average Bonchev–Trinajstić information content (AvgIpc) is 2.80. The lowest BCUT2D eigenvalue weighted by atomic mass is 9.96. The van der Waals surface area contributed by atoms with Crippen molar-refractivity contribution in [3.63, 3.8) is 0 Å². The molecular weight excluding hydrogens is 410 g/mol. The summed E-state index contributed by atoms with van der Waals surface area (Å²) in [6, 6.07) is 12.6. The Morgan fingerprint density at radius 3 is 2.22 bits per heavy atom. The van der Waals surface area contributed by atoms with Gasteiger partial charge in [-0.05, 0) is 69.3 Å². The molecule has 0 aliphatic carbocycles. The Morgan fingerprint density at radius 2 is 1.59 bits per heavy atom. The number of nitrogens with one attached hydrogen (secondary N) is 2. The van der Waals surface area contributed by atoms with Crippen molar-refractivity contribution in [3.05, 3.63) is 42.5 Å². The van der Waals surface area contributed by atoms with E-state index in [1.54, 1.807) is 32.4 Å². The lowest BCUT2D eigenvalue weighted by molar-refractivity contribution is -0.121. The SMILES string of the molecule is CCOc1ccc(NC(=O)C2CCN(CC(=O)Nc3ccc(OC)c(OC)c3)CC2)cc1. The molecule has 1 saturated heterocycles. The Labute approximate surface area is 188 Å². The fourth-order valence-electron chi connectivity index (χ4n) is 3.72. The number of amides is 2. The molecule has 3 rings (SSSR count). The summed E-state index contributed by atoms with van der Waals surface area (Å²) in [4.78, 5) is 27.1. The molecule has 1 aliphatic heterocycles. The van der Waals surface area contributed by atoms with Crippen LogP contribution in [0.3, 0.4) is 0 Å². The van der Waals surface area contributed by atoms with Crippen LogP contribution in [0.1, 0.15) is 19.8 Å². The third-order valence-electron chi connectivity index (χ3n) is 5.43. The van der Waals surface area contributed by atoms with Crippen LogP contribution in [0.25, 0.3) is 0 Å². The van der Waals surface area contributed by atoms with Gasteiger partial charge in [0.1, 0.15) is 5.75 Å². The van der Waals surface area contributed by atoms with Crippen LogP contribution >= 0.6 is 0 Å². The van der Waals surface area contributed by atoms with Crippen LogP contribution in [0.2, 0.25) is 0 Å². The predicted octanol–water partition coefficient (Wildman–Crippen LogP) is 3.39. The number of ether oxygens (including phenoxy) is 3. The first-order chi connectivity index (χ1) is 15.5. The number of rotatable bonds is 9. The van der Waals surface area contributed by atoms with Crippen molar-refractivity contribution >= 4 is 23.2 Å². The van der Waals surface area contributed by atoms with Crippen LogP contribution in [0.4, 0.5) is 11.4 Å². The van der Waals surface area contributed by atoms with E-state index in [2.05, 4.69) is 15.5 Å². The number of piperidine rings is 1. The van der Waals surface area contributed by atoms with Crippen LogP contribution in [-0.4, -0.2) is 57.2 Å². The van der Waals surface area contributed by atoms with Crippen LogP contribution < -0.4 is 24.8 Å². The van der Waals surface area contributed by atoms with Crippen LogP contribution in [-0.2, 0) is 9.59 Å². The van der Waals surface area contributed by atoms with Gasteiger partial charge >= 0.3 is 0 Å². The highest BCUT2D eigenvalue weighted by atomic mass is 16.5. The Hall–Kier alpha value is -3.26. The molecule has 1 fully saturated rings. The monoisotopic (exact) mass is 441 g/mol. The van der Waals surface area contributed by atoms with Gasteiger partial charge < -0.3 is 24.8 Å². The molecule has 2 amide bonds. The maximum atomic E-state index is 12.6. The fourth-order valence-corrected chi connectivity index (χ4v) is 3.72. The lowest BCUT2D eigenvalue weighted by Gasteiger charge is -2.30. The largest absolute Gasteiger partial charge is 0.494 e. The maximum Gasteiger partial charge on any atom is 0.238 e. The highest BCUT2D eigenvalue weighted by molar-refractivity contribution is 5.93. The van der Waals surface area contributed by atoms with E-state index in [1.165, 1.54) is 0 Å². The van der Waals surface area contributed by atoms with E-state index in [9.17, 15) is 9.59 Å². The molecule has 0 bridgehead atoms. The van der Waals surface area contributed by atoms with Crippen molar-refractivity contribution in [1.29, 1.82) is 0 Å². The normalized spacial score (nSPS) is 14.5. The second-order valence-corrected chi connectivity index (χ2v) is 7.62. The van der Waals surface area contributed by atoms with E-state index in [0.717, 1.165) is 11.4 Å². The van der Waals surface area contributed by atoms with Gasteiger partial charge in [-0.25, -0.2) is 0 Å². The Kier molecular flexibility index (Phi) is 8.33. The Bertz CT molecular complexity index is 908. The molecule has 0 aromatic heterocycles. The van der Waals surface area contributed by atoms with Crippen LogP contribution in [0, 0.1) is 5.92 Å². The van der Waals surface area contributed by atoms with E-state index < -0.39 is 0 Å². The molecule has 2 aromatic rings. The highest BCUT2D eigenvalue weighted by Crippen LogP contribution is 2.29. The zero-order valence-electron chi connectivity index (χ0n) is 18.8. The second kappa shape index (κ2) is 11.4. The van der Waals surface area contributed by atoms with E-state index in [4.69, 9.17) is 14.2 Å². The first-order valence-corrected chi connectivity index (χ1v) is 10.8. The molecule has 1 heterocycles. The summed E-state index contributed by atoms with van der Waals surface area (Å²) < 4.78 is 15.9. The molecule has 2 aromatic carbocycles. The number of carbonyl (C=O) groups is 2. The molecule has 172 valence electrons.